The zero-order valence-corrected chi connectivity index (χ0v) is 16.4. The maximum atomic E-state index is 12.9. The standard InChI is InChI=1S/C23H32N2O2/c1-2-16-5-3-6-20(12-16)25-21(26)7-4-8-24-22(27)23-13-17-9-18(14-23)11-19(10-17)15-23/h3,5-6,12,17-19H,2,4,7-11,13-15H2,1H3,(H,24,27)(H,25,26). The van der Waals surface area contributed by atoms with Crippen LogP contribution in [0.3, 0.4) is 0 Å². The summed E-state index contributed by atoms with van der Waals surface area (Å²) in [4.78, 5) is 25.0. The van der Waals surface area contributed by atoms with Gasteiger partial charge in [-0.05, 0) is 86.8 Å². The van der Waals surface area contributed by atoms with E-state index in [1.54, 1.807) is 0 Å². The topological polar surface area (TPSA) is 58.2 Å². The zero-order chi connectivity index (χ0) is 18.9. The lowest BCUT2D eigenvalue weighted by atomic mass is 9.49. The summed E-state index contributed by atoms with van der Waals surface area (Å²) >= 11 is 0. The van der Waals surface area contributed by atoms with Crippen molar-refractivity contribution in [3.8, 4) is 0 Å². The predicted octanol–water partition coefficient (Wildman–Crippen LogP) is 4.30. The number of anilines is 1. The van der Waals surface area contributed by atoms with Crippen molar-refractivity contribution < 1.29 is 9.59 Å². The fourth-order valence-corrected chi connectivity index (χ4v) is 6.12. The number of aryl methyl sites for hydroxylation is 1. The fraction of sp³-hybridized carbons (Fsp3) is 0.652. The molecule has 27 heavy (non-hydrogen) atoms. The minimum Gasteiger partial charge on any atom is -0.356 e. The maximum absolute atomic E-state index is 12.9. The van der Waals surface area contributed by atoms with Gasteiger partial charge < -0.3 is 10.6 Å². The van der Waals surface area contributed by atoms with Crippen molar-refractivity contribution in [2.45, 2.75) is 64.7 Å². The van der Waals surface area contributed by atoms with Gasteiger partial charge in [-0.15, -0.1) is 0 Å². The van der Waals surface area contributed by atoms with Crippen molar-refractivity contribution in [1.82, 2.24) is 5.32 Å². The molecule has 0 saturated heterocycles. The summed E-state index contributed by atoms with van der Waals surface area (Å²) in [6.45, 7) is 2.70. The van der Waals surface area contributed by atoms with E-state index < -0.39 is 0 Å². The van der Waals surface area contributed by atoms with Gasteiger partial charge in [0.15, 0.2) is 0 Å². The van der Waals surface area contributed by atoms with E-state index in [0.717, 1.165) is 49.1 Å². The second kappa shape index (κ2) is 7.65. The molecule has 0 heterocycles. The number of amides is 2. The highest BCUT2D eigenvalue weighted by Gasteiger charge is 2.54. The number of nitrogens with one attached hydrogen (secondary N) is 2. The van der Waals surface area contributed by atoms with Gasteiger partial charge in [-0.2, -0.15) is 0 Å². The smallest absolute Gasteiger partial charge is 0.226 e. The molecule has 0 aliphatic heterocycles. The van der Waals surface area contributed by atoms with Crippen LogP contribution in [-0.4, -0.2) is 18.4 Å². The molecule has 2 N–H and O–H groups in total. The van der Waals surface area contributed by atoms with E-state index >= 15 is 0 Å². The van der Waals surface area contributed by atoms with Crippen LogP contribution in [0.1, 0.15) is 63.9 Å². The van der Waals surface area contributed by atoms with Crippen LogP contribution in [0.25, 0.3) is 0 Å². The van der Waals surface area contributed by atoms with Crippen molar-refractivity contribution in [3.63, 3.8) is 0 Å². The number of carbonyl (C=O) groups excluding carboxylic acids is 2. The summed E-state index contributed by atoms with van der Waals surface area (Å²) in [6, 6.07) is 7.98. The Kier molecular flexibility index (Phi) is 5.25. The second-order valence-electron chi connectivity index (χ2n) is 9.16. The number of hydrogen-bond donors (Lipinski definition) is 2. The minimum atomic E-state index is -0.0857. The first-order chi connectivity index (χ1) is 13.1. The molecule has 4 heteroatoms. The van der Waals surface area contributed by atoms with Crippen LogP contribution in [0.15, 0.2) is 24.3 Å². The Morgan fingerprint density at radius 3 is 2.37 bits per heavy atom. The summed E-state index contributed by atoms with van der Waals surface area (Å²) in [5.74, 6) is 2.63. The van der Waals surface area contributed by atoms with Gasteiger partial charge in [0.2, 0.25) is 11.8 Å². The Morgan fingerprint density at radius 1 is 1.07 bits per heavy atom. The van der Waals surface area contributed by atoms with Crippen LogP contribution < -0.4 is 10.6 Å². The van der Waals surface area contributed by atoms with E-state index in [-0.39, 0.29) is 17.2 Å². The number of hydrogen-bond acceptors (Lipinski definition) is 2. The minimum absolute atomic E-state index is 0.0207. The van der Waals surface area contributed by atoms with Crippen LogP contribution in [0.5, 0.6) is 0 Å². The molecule has 0 aromatic heterocycles. The van der Waals surface area contributed by atoms with Gasteiger partial charge in [-0.1, -0.05) is 19.1 Å². The van der Waals surface area contributed by atoms with Crippen molar-refractivity contribution >= 4 is 17.5 Å². The zero-order valence-electron chi connectivity index (χ0n) is 16.4. The van der Waals surface area contributed by atoms with Gasteiger partial charge in [0.25, 0.3) is 0 Å². The Hall–Kier alpha value is -1.84. The van der Waals surface area contributed by atoms with Gasteiger partial charge in [0, 0.05) is 24.1 Å². The van der Waals surface area contributed by atoms with Gasteiger partial charge in [-0.3, -0.25) is 9.59 Å². The molecule has 4 aliphatic carbocycles. The van der Waals surface area contributed by atoms with Crippen LogP contribution in [0.4, 0.5) is 5.69 Å². The van der Waals surface area contributed by atoms with E-state index in [1.165, 1.54) is 24.8 Å². The van der Waals surface area contributed by atoms with Crippen LogP contribution in [-0.2, 0) is 16.0 Å². The second-order valence-corrected chi connectivity index (χ2v) is 9.16. The largest absolute Gasteiger partial charge is 0.356 e. The Morgan fingerprint density at radius 2 is 1.74 bits per heavy atom. The molecule has 2 amide bonds. The molecule has 146 valence electrons. The molecule has 4 nitrogen and oxygen atoms in total. The summed E-state index contributed by atoms with van der Waals surface area (Å²) in [6.07, 6.45) is 9.44. The average molecular weight is 369 g/mol. The van der Waals surface area contributed by atoms with Crippen molar-refractivity contribution in [3.05, 3.63) is 29.8 Å². The molecule has 4 fully saturated rings. The Labute approximate surface area is 162 Å². The average Bonchev–Trinajstić information content (AvgIpc) is 2.64. The summed E-state index contributed by atoms with van der Waals surface area (Å²) in [5.41, 5.74) is 1.99. The molecule has 4 bridgehead atoms. The first kappa shape index (κ1) is 18.5. The van der Waals surface area contributed by atoms with Crippen LogP contribution in [0, 0.1) is 23.2 Å². The van der Waals surface area contributed by atoms with Crippen LogP contribution in [0.2, 0.25) is 0 Å². The third kappa shape index (κ3) is 4.04. The van der Waals surface area contributed by atoms with Crippen molar-refractivity contribution in [1.29, 1.82) is 0 Å². The van der Waals surface area contributed by atoms with E-state index in [1.807, 2.05) is 18.2 Å². The van der Waals surface area contributed by atoms with Crippen molar-refractivity contribution in [2.75, 3.05) is 11.9 Å². The van der Waals surface area contributed by atoms with Gasteiger partial charge >= 0.3 is 0 Å². The SMILES string of the molecule is CCc1cccc(NC(=O)CCCNC(=O)C23CC4CC(CC(C4)C2)C3)c1. The first-order valence-electron chi connectivity index (χ1n) is 10.7. The normalized spacial score (nSPS) is 30.9. The summed E-state index contributed by atoms with van der Waals surface area (Å²) in [7, 11) is 0. The third-order valence-corrected chi connectivity index (χ3v) is 7.01. The lowest BCUT2D eigenvalue weighted by Gasteiger charge is -2.55. The quantitative estimate of drug-likeness (QED) is 0.705. The predicted molar refractivity (Wildman–Crippen MR) is 107 cm³/mol. The van der Waals surface area contributed by atoms with Gasteiger partial charge in [0.05, 0.1) is 0 Å². The molecular weight excluding hydrogens is 336 g/mol. The Bertz CT molecular complexity index is 677. The highest BCUT2D eigenvalue weighted by atomic mass is 16.2. The number of carbonyl (C=O) groups is 2. The molecule has 0 radical (unpaired) electrons. The van der Waals surface area contributed by atoms with E-state index in [4.69, 9.17) is 0 Å². The van der Waals surface area contributed by atoms with Gasteiger partial charge in [-0.25, -0.2) is 0 Å². The lowest BCUT2D eigenvalue weighted by Crippen LogP contribution is -2.53. The van der Waals surface area contributed by atoms with Crippen molar-refractivity contribution in [2.24, 2.45) is 23.2 Å². The highest BCUT2D eigenvalue weighted by Crippen LogP contribution is 2.60. The lowest BCUT2D eigenvalue weighted by molar-refractivity contribution is -0.146. The summed E-state index contributed by atoms with van der Waals surface area (Å²) < 4.78 is 0. The molecule has 0 atom stereocenters. The molecule has 1 aromatic carbocycles. The third-order valence-electron chi connectivity index (χ3n) is 7.01. The van der Waals surface area contributed by atoms with E-state index in [0.29, 0.717) is 19.4 Å². The Balaban J connectivity index is 1.21. The van der Waals surface area contributed by atoms with Crippen LogP contribution >= 0.6 is 0 Å². The number of rotatable bonds is 7. The fourth-order valence-electron chi connectivity index (χ4n) is 6.12. The first-order valence-corrected chi connectivity index (χ1v) is 10.7. The van der Waals surface area contributed by atoms with E-state index in [9.17, 15) is 9.59 Å². The molecule has 4 saturated carbocycles. The van der Waals surface area contributed by atoms with Gasteiger partial charge in [0.1, 0.15) is 0 Å². The maximum Gasteiger partial charge on any atom is 0.226 e. The molecule has 4 aliphatic rings. The molecule has 5 rings (SSSR count). The van der Waals surface area contributed by atoms with E-state index in [2.05, 4.69) is 23.6 Å². The monoisotopic (exact) mass is 368 g/mol. The molecule has 1 aromatic rings. The highest BCUT2D eigenvalue weighted by molar-refractivity contribution is 5.90. The number of benzene rings is 1. The molecular formula is C23H32N2O2. The summed E-state index contributed by atoms with van der Waals surface area (Å²) in [5, 5.41) is 6.12. The molecule has 0 unspecified atom stereocenters. The molecule has 0 spiro atoms.